The Morgan fingerprint density at radius 3 is 2.32 bits per heavy atom. The van der Waals surface area contributed by atoms with Crippen LogP contribution in [0.25, 0.3) is 0 Å². The lowest BCUT2D eigenvalue weighted by molar-refractivity contribution is 0.0601. The number of alkyl halides is 1. The normalized spacial score (nSPS) is 11.0. The summed E-state index contributed by atoms with van der Waals surface area (Å²) in [7, 11) is 1.30. The Bertz CT molecular complexity index is 825. The van der Waals surface area contributed by atoms with Gasteiger partial charge in [0.2, 0.25) is 0 Å². The summed E-state index contributed by atoms with van der Waals surface area (Å²) in [5.41, 5.74) is 2.20. The van der Waals surface area contributed by atoms with Gasteiger partial charge in [0.15, 0.2) is 0 Å². The highest BCUT2D eigenvalue weighted by molar-refractivity contribution is 9.09. The van der Waals surface area contributed by atoms with Crippen LogP contribution in [0.4, 0.5) is 5.69 Å². The lowest BCUT2D eigenvalue weighted by Crippen LogP contribution is -2.17. The highest BCUT2D eigenvalue weighted by atomic mass is 79.9. The molecule has 0 aliphatic rings. The number of esters is 1. The molecule has 2 aromatic rings. The minimum absolute atomic E-state index is 0.00290. The molecule has 2 aromatic carbocycles. The first-order chi connectivity index (χ1) is 13.3. The third-order valence-electron chi connectivity index (χ3n) is 4.22. The third kappa shape index (κ3) is 5.58. The van der Waals surface area contributed by atoms with Crippen LogP contribution in [0.1, 0.15) is 53.5 Å². The summed E-state index contributed by atoms with van der Waals surface area (Å²) in [6.07, 6.45) is 0.796. The van der Waals surface area contributed by atoms with Crippen LogP contribution in [0.3, 0.4) is 0 Å². The number of anilines is 1. The largest absolute Gasteiger partial charge is 0.491 e. The number of nitrogens with one attached hydrogen (secondary N) is 1. The molecule has 0 radical (unpaired) electrons. The first-order valence-corrected chi connectivity index (χ1v) is 10.2. The number of ether oxygens (including phenoxy) is 2. The van der Waals surface area contributed by atoms with Gasteiger partial charge in [0.05, 0.1) is 25.0 Å². The second-order valence-corrected chi connectivity index (χ2v) is 8.14. The first kappa shape index (κ1) is 22.0. The SMILES string of the molecule is COC(=O)c1cccc(OCCCBr)c1NC(=O)c1ccc(C(C)(C)C)cc1. The Morgan fingerprint density at radius 2 is 1.75 bits per heavy atom. The zero-order valence-corrected chi connectivity index (χ0v) is 18.3. The highest BCUT2D eigenvalue weighted by Crippen LogP contribution is 2.30. The Hall–Kier alpha value is -2.34. The molecule has 0 bridgehead atoms. The van der Waals surface area contributed by atoms with Crippen molar-refractivity contribution in [3.63, 3.8) is 0 Å². The lowest BCUT2D eigenvalue weighted by atomic mass is 9.86. The van der Waals surface area contributed by atoms with E-state index in [0.29, 0.717) is 23.6 Å². The fraction of sp³-hybridized carbons (Fsp3) is 0.364. The second kappa shape index (κ2) is 9.73. The molecule has 150 valence electrons. The van der Waals surface area contributed by atoms with Crippen molar-refractivity contribution in [1.29, 1.82) is 0 Å². The van der Waals surface area contributed by atoms with Gasteiger partial charge in [0.25, 0.3) is 5.91 Å². The Morgan fingerprint density at radius 1 is 1.07 bits per heavy atom. The maximum absolute atomic E-state index is 12.8. The summed E-state index contributed by atoms with van der Waals surface area (Å²) in [5, 5.41) is 3.62. The molecule has 0 spiro atoms. The van der Waals surface area contributed by atoms with Gasteiger partial charge >= 0.3 is 5.97 Å². The number of hydrogen-bond donors (Lipinski definition) is 1. The van der Waals surface area contributed by atoms with Crippen molar-refractivity contribution >= 4 is 33.5 Å². The quantitative estimate of drug-likeness (QED) is 0.360. The average Bonchev–Trinajstić information content (AvgIpc) is 2.68. The van der Waals surface area contributed by atoms with E-state index in [2.05, 4.69) is 42.0 Å². The van der Waals surface area contributed by atoms with Crippen molar-refractivity contribution in [3.8, 4) is 5.75 Å². The zero-order chi connectivity index (χ0) is 20.7. The van der Waals surface area contributed by atoms with Crippen molar-refractivity contribution in [2.45, 2.75) is 32.6 Å². The maximum Gasteiger partial charge on any atom is 0.340 e. The standard InChI is InChI=1S/C22H26BrNO4/c1-22(2,3)16-11-9-15(10-12-16)20(25)24-19-17(21(26)27-4)7-5-8-18(19)28-14-6-13-23/h5,7-12H,6,13-14H2,1-4H3,(H,24,25). The van der Waals surface area contributed by atoms with Crippen molar-refractivity contribution in [2.24, 2.45) is 0 Å². The van der Waals surface area contributed by atoms with E-state index in [0.717, 1.165) is 17.3 Å². The van der Waals surface area contributed by atoms with Gasteiger partial charge in [-0.05, 0) is 41.7 Å². The first-order valence-electron chi connectivity index (χ1n) is 9.10. The van der Waals surface area contributed by atoms with E-state index in [1.807, 2.05) is 12.1 Å². The van der Waals surface area contributed by atoms with Crippen LogP contribution in [0, 0.1) is 0 Å². The molecule has 0 aliphatic carbocycles. The van der Waals surface area contributed by atoms with Crippen LogP contribution in [0.15, 0.2) is 42.5 Å². The average molecular weight is 448 g/mol. The summed E-state index contributed by atoms with van der Waals surface area (Å²) in [6.45, 7) is 6.81. The molecule has 2 rings (SSSR count). The third-order valence-corrected chi connectivity index (χ3v) is 4.78. The Kier molecular flexibility index (Phi) is 7.63. The monoisotopic (exact) mass is 447 g/mol. The predicted octanol–water partition coefficient (Wildman–Crippen LogP) is 5.19. The van der Waals surface area contributed by atoms with Crippen LogP contribution < -0.4 is 10.1 Å². The van der Waals surface area contributed by atoms with Gasteiger partial charge in [0, 0.05) is 10.9 Å². The number of carbonyl (C=O) groups excluding carboxylic acids is 2. The molecule has 1 amide bonds. The van der Waals surface area contributed by atoms with E-state index in [-0.39, 0.29) is 16.9 Å². The predicted molar refractivity (Wildman–Crippen MR) is 115 cm³/mol. The van der Waals surface area contributed by atoms with E-state index in [1.54, 1.807) is 30.3 Å². The number of carbonyl (C=O) groups is 2. The molecule has 0 atom stereocenters. The lowest BCUT2D eigenvalue weighted by Gasteiger charge is -2.19. The van der Waals surface area contributed by atoms with E-state index in [9.17, 15) is 9.59 Å². The molecule has 0 saturated carbocycles. The molecule has 5 nitrogen and oxygen atoms in total. The van der Waals surface area contributed by atoms with Crippen LogP contribution >= 0.6 is 15.9 Å². The molecule has 0 unspecified atom stereocenters. The molecule has 0 fully saturated rings. The number of methoxy groups -OCH3 is 1. The minimum atomic E-state index is -0.538. The molecule has 0 heterocycles. The number of para-hydroxylation sites is 1. The van der Waals surface area contributed by atoms with Crippen molar-refractivity contribution < 1.29 is 19.1 Å². The van der Waals surface area contributed by atoms with E-state index in [1.165, 1.54) is 7.11 Å². The minimum Gasteiger partial charge on any atom is -0.491 e. The number of amides is 1. The number of benzene rings is 2. The summed E-state index contributed by atoms with van der Waals surface area (Å²) >= 11 is 3.36. The fourth-order valence-corrected chi connectivity index (χ4v) is 2.83. The van der Waals surface area contributed by atoms with Gasteiger partial charge in [-0.15, -0.1) is 0 Å². The highest BCUT2D eigenvalue weighted by Gasteiger charge is 2.20. The van der Waals surface area contributed by atoms with Crippen LogP contribution in [-0.4, -0.2) is 30.9 Å². The van der Waals surface area contributed by atoms with Crippen LogP contribution in [0.5, 0.6) is 5.75 Å². The van der Waals surface area contributed by atoms with E-state index >= 15 is 0 Å². The van der Waals surface area contributed by atoms with Crippen molar-refractivity contribution in [2.75, 3.05) is 24.4 Å². The Balaban J connectivity index is 2.31. The van der Waals surface area contributed by atoms with Gasteiger partial charge in [0.1, 0.15) is 5.75 Å². The van der Waals surface area contributed by atoms with E-state index < -0.39 is 5.97 Å². The summed E-state index contributed by atoms with van der Waals surface area (Å²) in [4.78, 5) is 24.9. The van der Waals surface area contributed by atoms with Gasteiger partial charge in [-0.2, -0.15) is 0 Å². The maximum atomic E-state index is 12.8. The summed E-state index contributed by atoms with van der Waals surface area (Å²) in [6, 6.07) is 12.5. The Labute approximate surface area is 174 Å². The molecule has 28 heavy (non-hydrogen) atoms. The molecule has 1 N–H and O–H groups in total. The molecule has 0 aliphatic heterocycles. The molecule has 6 heteroatoms. The topological polar surface area (TPSA) is 64.6 Å². The summed E-state index contributed by atoms with van der Waals surface area (Å²) < 4.78 is 10.6. The molecular weight excluding hydrogens is 422 g/mol. The number of rotatable bonds is 7. The van der Waals surface area contributed by atoms with Gasteiger partial charge in [-0.3, -0.25) is 4.79 Å². The van der Waals surface area contributed by atoms with E-state index in [4.69, 9.17) is 9.47 Å². The van der Waals surface area contributed by atoms with Crippen molar-refractivity contribution in [3.05, 3.63) is 59.2 Å². The van der Waals surface area contributed by atoms with Crippen LogP contribution in [-0.2, 0) is 10.2 Å². The van der Waals surface area contributed by atoms with Crippen molar-refractivity contribution in [1.82, 2.24) is 0 Å². The molecule has 0 aromatic heterocycles. The fourth-order valence-electron chi connectivity index (χ4n) is 2.60. The van der Waals surface area contributed by atoms with Gasteiger partial charge in [-0.25, -0.2) is 4.79 Å². The van der Waals surface area contributed by atoms with Gasteiger partial charge < -0.3 is 14.8 Å². The number of hydrogen-bond acceptors (Lipinski definition) is 4. The second-order valence-electron chi connectivity index (χ2n) is 7.34. The molecular formula is C22H26BrNO4. The van der Waals surface area contributed by atoms with Crippen LogP contribution in [0.2, 0.25) is 0 Å². The number of halogens is 1. The smallest absolute Gasteiger partial charge is 0.340 e. The molecule has 0 saturated heterocycles. The zero-order valence-electron chi connectivity index (χ0n) is 16.7. The summed E-state index contributed by atoms with van der Waals surface area (Å²) in [5.74, 6) is -0.421. The van der Waals surface area contributed by atoms with Gasteiger partial charge in [-0.1, -0.05) is 54.9 Å².